The van der Waals surface area contributed by atoms with Gasteiger partial charge < -0.3 is 11.2 Å². The number of benzene rings is 1. The Morgan fingerprint density at radius 2 is 2.10 bits per heavy atom. The smallest absolute Gasteiger partial charge is 0.237 e. The third-order valence-corrected chi connectivity index (χ3v) is 4.12. The van der Waals surface area contributed by atoms with Crippen molar-refractivity contribution >= 4 is 35.0 Å². The summed E-state index contributed by atoms with van der Waals surface area (Å²) in [6.07, 6.45) is 0.690. The van der Waals surface area contributed by atoms with Gasteiger partial charge in [-0.15, -0.1) is 10.2 Å². The fourth-order valence-corrected chi connectivity index (χ4v) is 2.53. The van der Waals surface area contributed by atoms with Crippen LogP contribution in [0.2, 0.25) is 5.02 Å². The molecule has 0 saturated carbocycles. The molecule has 0 fully saturated rings. The lowest BCUT2D eigenvalue weighted by molar-refractivity contribution is -0.115. The Hall–Kier alpha value is -1.73. The number of hydrogen-bond donors (Lipinski definition) is 2. The number of thioether (sulfide) groups is 1. The molecule has 8 heteroatoms. The van der Waals surface area contributed by atoms with Crippen LogP contribution in [0.25, 0.3) is 0 Å². The highest BCUT2D eigenvalue weighted by Gasteiger charge is 2.19. The second kappa shape index (κ2) is 6.82. The highest BCUT2D eigenvalue weighted by atomic mass is 35.5. The average Bonchev–Trinajstić information content (AvgIpc) is 2.82. The van der Waals surface area contributed by atoms with Gasteiger partial charge in [0.1, 0.15) is 0 Å². The topological polar surface area (TPSA) is 85.8 Å². The zero-order chi connectivity index (χ0) is 15.4. The first-order valence-corrected chi connectivity index (χ1v) is 7.69. The molecule has 1 heterocycles. The molecule has 0 spiro atoms. The van der Waals surface area contributed by atoms with Gasteiger partial charge in [-0.1, -0.05) is 30.3 Å². The predicted molar refractivity (Wildman–Crippen MR) is 85.0 cm³/mol. The summed E-state index contributed by atoms with van der Waals surface area (Å²) in [6, 6.07) is 6.94. The van der Waals surface area contributed by atoms with E-state index in [2.05, 4.69) is 15.5 Å². The summed E-state index contributed by atoms with van der Waals surface area (Å²) in [5.74, 6) is 6.40. The molecule has 3 N–H and O–H groups in total. The van der Waals surface area contributed by atoms with E-state index in [9.17, 15) is 4.79 Å². The molecule has 0 unspecified atom stereocenters. The van der Waals surface area contributed by atoms with Crippen LogP contribution in [-0.4, -0.2) is 26.0 Å². The number of amides is 1. The van der Waals surface area contributed by atoms with Crippen LogP contribution in [0.5, 0.6) is 0 Å². The van der Waals surface area contributed by atoms with Crippen molar-refractivity contribution in [2.24, 2.45) is 0 Å². The largest absolute Gasteiger partial charge is 0.336 e. The normalized spacial score (nSPS) is 12.1. The second-order valence-corrected chi connectivity index (χ2v) is 6.12. The summed E-state index contributed by atoms with van der Waals surface area (Å²) in [6.45, 7) is 3.73. The van der Waals surface area contributed by atoms with Gasteiger partial charge in [-0.05, 0) is 31.2 Å². The van der Waals surface area contributed by atoms with Gasteiger partial charge in [0, 0.05) is 17.1 Å². The summed E-state index contributed by atoms with van der Waals surface area (Å²) in [5.41, 5.74) is 0.695. The van der Waals surface area contributed by atoms with Gasteiger partial charge in [0.15, 0.2) is 5.82 Å². The van der Waals surface area contributed by atoms with Crippen LogP contribution in [0.1, 0.15) is 19.7 Å². The Morgan fingerprint density at radius 3 is 2.67 bits per heavy atom. The zero-order valence-corrected chi connectivity index (χ0v) is 13.3. The van der Waals surface area contributed by atoms with Gasteiger partial charge in [0.05, 0.1) is 5.25 Å². The van der Waals surface area contributed by atoms with Crippen LogP contribution in [0.15, 0.2) is 29.4 Å². The van der Waals surface area contributed by atoms with Crippen LogP contribution in [-0.2, 0) is 11.2 Å². The second-order valence-electron chi connectivity index (χ2n) is 4.38. The number of nitrogens with zero attached hydrogens (tertiary/aromatic N) is 3. The maximum absolute atomic E-state index is 12.1. The van der Waals surface area contributed by atoms with Crippen LogP contribution < -0.4 is 11.2 Å². The number of nitrogens with two attached hydrogens (primary N) is 1. The average molecular weight is 326 g/mol. The molecule has 2 aromatic rings. The fraction of sp³-hybridized carbons (Fsp3) is 0.308. The van der Waals surface area contributed by atoms with Crippen molar-refractivity contribution in [1.82, 2.24) is 14.9 Å². The summed E-state index contributed by atoms with van der Waals surface area (Å²) in [7, 11) is 0. The highest BCUT2D eigenvalue weighted by molar-refractivity contribution is 8.00. The fourth-order valence-electron chi connectivity index (χ4n) is 1.62. The van der Waals surface area contributed by atoms with Crippen LogP contribution in [0.4, 0.5) is 5.69 Å². The number of nitrogens with one attached hydrogen (secondary N) is 1. The minimum atomic E-state index is -0.350. The van der Waals surface area contributed by atoms with Gasteiger partial charge in [0.2, 0.25) is 11.1 Å². The molecule has 1 aromatic heterocycles. The Kier molecular flexibility index (Phi) is 5.08. The molecule has 0 bridgehead atoms. The van der Waals surface area contributed by atoms with E-state index in [-0.39, 0.29) is 11.2 Å². The van der Waals surface area contributed by atoms with Gasteiger partial charge in [-0.25, -0.2) is 4.68 Å². The maximum Gasteiger partial charge on any atom is 0.237 e. The van der Waals surface area contributed by atoms with Gasteiger partial charge in [-0.2, -0.15) is 0 Å². The van der Waals surface area contributed by atoms with E-state index in [1.54, 1.807) is 31.2 Å². The molecular weight excluding hydrogens is 310 g/mol. The number of anilines is 1. The first-order valence-electron chi connectivity index (χ1n) is 6.43. The lowest BCUT2D eigenvalue weighted by Gasteiger charge is -2.11. The molecule has 0 radical (unpaired) electrons. The molecule has 0 aliphatic rings. The quantitative estimate of drug-likeness (QED) is 0.651. The molecule has 6 nitrogen and oxygen atoms in total. The van der Waals surface area contributed by atoms with Crippen molar-refractivity contribution in [2.75, 3.05) is 11.2 Å². The van der Waals surface area contributed by atoms with Crippen molar-refractivity contribution in [3.63, 3.8) is 0 Å². The number of aromatic nitrogens is 3. The van der Waals surface area contributed by atoms with Crippen molar-refractivity contribution in [2.45, 2.75) is 30.7 Å². The molecule has 0 aliphatic carbocycles. The van der Waals surface area contributed by atoms with Crippen LogP contribution >= 0.6 is 23.4 Å². The third kappa shape index (κ3) is 3.89. The standard InChI is InChI=1S/C13H16ClN5OS/c1-3-11-17-18-13(19(11)15)21-8(2)12(20)16-10-6-4-9(14)5-7-10/h4-8H,3,15H2,1-2H3,(H,16,20)/t8-/m1/s1. The number of rotatable bonds is 5. The third-order valence-electron chi connectivity index (χ3n) is 2.81. The van der Waals surface area contributed by atoms with Crippen molar-refractivity contribution in [1.29, 1.82) is 0 Å². The Labute approximate surface area is 132 Å². The summed E-state index contributed by atoms with van der Waals surface area (Å²) >= 11 is 7.07. The lowest BCUT2D eigenvalue weighted by Crippen LogP contribution is -2.23. The van der Waals surface area contributed by atoms with Gasteiger partial charge in [-0.3, -0.25) is 4.79 Å². The van der Waals surface area contributed by atoms with E-state index in [0.717, 1.165) is 0 Å². The maximum atomic E-state index is 12.1. The number of aryl methyl sites for hydroxylation is 1. The molecule has 0 aliphatic heterocycles. The summed E-state index contributed by atoms with van der Waals surface area (Å²) in [4.78, 5) is 12.1. The molecule has 2 rings (SSSR count). The molecule has 21 heavy (non-hydrogen) atoms. The van der Waals surface area contributed by atoms with E-state index in [0.29, 0.717) is 28.1 Å². The number of carbonyl (C=O) groups excluding carboxylic acids is 1. The molecule has 1 aromatic carbocycles. The predicted octanol–water partition coefficient (Wildman–Crippen LogP) is 2.33. The zero-order valence-electron chi connectivity index (χ0n) is 11.7. The number of halogens is 1. The van der Waals surface area contributed by atoms with Crippen molar-refractivity contribution in [3.05, 3.63) is 35.1 Å². The van der Waals surface area contributed by atoms with Crippen molar-refractivity contribution in [3.8, 4) is 0 Å². The molecular formula is C13H16ClN5OS. The molecule has 0 saturated heterocycles. The summed E-state index contributed by atoms with van der Waals surface area (Å²) in [5, 5.41) is 11.5. The monoisotopic (exact) mass is 325 g/mol. The highest BCUT2D eigenvalue weighted by Crippen LogP contribution is 2.22. The van der Waals surface area contributed by atoms with Gasteiger partial charge >= 0.3 is 0 Å². The lowest BCUT2D eigenvalue weighted by atomic mass is 10.3. The van der Waals surface area contributed by atoms with Crippen LogP contribution in [0.3, 0.4) is 0 Å². The van der Waals surface area contributed by atoms with E-state index < -0.39 is 0 Å². The van der Waals surface area contributed by atoms with E-state index in [1.165, 1.54) is 16.4 Å². The SMILES string of the molecule is CCc1nnc(S[C@H](C)C(=O)Nc2ccc(Cl)cc2)n1N. The van der Waals surface area contributed by atoms with Gasteiger partial charge in [0.25, 0.3) is 0 Å². The first-order chi connectivity index (χ1) is 10.0. The number of carbonyl (C=O) groups is 1. The molecule has 1 amide bonds. The van der Waals surface area contributed by atoms with Crippen molar-refractivity contribution < 1.29 is 4.79 Å². The van der Waals surface area contributed by atoms with Crippen LogP contribution in [0, 0.1) is 0 Å². The molecule has 112 valence electrons. The number of nitrogen functional groups attached to an aromatic ring is 1. The summed E-state index contributed by atoms with van der Waals surface area (Å²) < 4.78 is 1.41. The Balaban J connectivity index is 1.99. The molecule has 1 atom stereocenters. The first kappa shape index (κ1) is 15.7. The Morgan fingerprint density at radius 1 is 1.43 bits per heavy atom. The number of hydrogen-bond acceptors (Lipinski definition) is 5. The van der Waals surface area contributed by atoms with E-state index in [4.69, 9.17) is 17.4 Å². The minimum absolute atomic E-state index is 0.136. The minimum Gasteiger partial charge on any atom is -0.336 e. The van der Waals surface area contributed by atoms with E-state index >= 15 is 0 Å². The Bertz CT molecular complexity index is 628. The van der Waals surface area contributed by atoms with E-state index in [1.807, 2.05) is 6.92 Å².